The second kappa shape index (κ2) is 12.5. The molecule has 0 unspecified atom stereocenters. The van der Waals surface area contributed by atoms with E-state index in [4.69, 9.17) is 0 Å². The number of fused-ring (bicyclic) bond motifs is 1. The van der Waals surface area contributed by atoms with Crippen LogP contribution in [0.2, 0.25) is 0 Å². The van der Waals surface area contributed by atoms with Crippen LogP contribution in [0.1, 0.15) is 71.6 Å². The van der Waals surface area contributed by atoms with Gasteiger partial charge >= 0.3 is 0 Å². The monoisotopic (exact) mass is 458 g/mol. The summed E-state index contributed by atoms with van der Waals surface area (Å²) in [6.45, 7) is 2.08. The fraction of sp³-hybridized carbons (Fsp3) is 0.682. The zero-order chi connectivity index (χ0) is 18.6. The molecule has 6 nitrogen and oxygen atoms in total. The summed E-state index contributed by atoms with van der Waals surface area (Å²) < 4.78 is 0. The molecule has 2 amide bonds. The van der Waals surface area contributed by atoms with Gasteiger partial charge in [-0.3, -0.25) is 9.59 Å². The number of nitrogens with one attached hydrogen (secondary N) is 1. The van der Waals surface area contributed by atoms with Gasteiger partial charge in [-0.25, -0.2) is 4.98 Å². The quantitative estimate of drug-likeness (QED) is 0.645. The first kappa shape index (κ1) is 26.7. The molecule has 2 aliphatic heterocycles. The molecule has 0 radical (unpaired) electrons. The maximum atomic E-state index is 12.8. The Balaban J connectivity index is 0.00000150. The summed E-state index contributed by atoms with van der Waals surface area (Å²) in [6.07, 6.45) is 13.0. The zero-order valence-corrected chi connectivity index (χ0v) is 18.5. The number of hydrogen-bond donors (Lipinski definition) is 1. The van der Waals surface area contributed by atoms with Crippen LogP contribution in [0.5, 0.6) is 0 Å². The number of carbonyl (C=O) groups is 2. The highest BCUT2D eigenvalue weighted by molar-refractivity contribution is 6.13. The van der Waals surface area contributed by atoms with Gasteiger partial charge in [0.2, 0.25) is 11.8 Å². The van der Waals surface area contributed by atoms with E-state index in [1.807, 2.05) is 17.0 Å². The number of hydrogen-bond acceptors (Lipinski definition) is 4. The van der Waals surface area contributed by atoms with Crippen LogP contribution in [0.25, 0.3) is 0 Å². The molecule has 0 atom stereocenters. The number of rotatable bonds is 2. The number of nitrogens with zero attached hydrogens (tertiary/aromatic N) is 3. The fourth-order valence-corrected chi connectivity index (χ4v) is 4.93. The Morgan fingerprint density at radius 2 is 1.53 bits per heavy atom. The summed E-state index contributed by atoms with van der Waals surface area (Å²) >= 11 is 0. The SMILES string of the molecule is C.Cl.Cl.O=C1CC(=O)N(C2CCN(C3CCCCCCC3)CC2)c2cccnc2N1. The van der Waals surface area contributed by atoms with Gasteiger partial charge in [0, 0.05) is 31.4 Å². The van der Waals surface area contributed by atoms with E-state index in [1.54, 1.807) is 6.20 Å². The van der Waals surface area contributed by atoms with E-state index in [0.29, 0.717) is 11.9 Å². The molecule has 0 bridgehead atoms. The van der Waals surface area contributed by atoms with Crippen LogP contribution in [0, 0.1) is 0 Å². The minimum atomic E-state index is -0.269. The normalized spacial score (nSPS) is 21.5. The highest BCUT2D eigenvalue weighted by Gasteiger charge is 2.35. The largest absolute Gasteiger partial charge is 0.309 e. The Hall–Kier alpha value is -1.37. The second-order valence-corrected chi connectivity index (χ2v) is 8.13. The molecule has 0 spiro atoms. The average molecular weight is 459 g/mol. The molecular weight excluding hydrogens is 423 g/mol. The number of piperidine rings is 1. The molecule has 170 valence electrons. The van der Waals surface area contributed by atoms with E-state index in [1.165, 1.54) is 44.9 Å². The molecule has 1 aromatic heterocycles. The number of anilines is 2. The minimum Gasteiger partial charge on any atom is -0.309 e. The van der Waals surface area contributed by atoms with Crippen LogP contribution in [-0.4, -0.2) is 46.9 Å². The maximum absolute atomic E-state index is 12.8. The zero-order valence-electron chi connectivity index (χ0n) is 16.8. The van der Waals surface area contributed by atoms with Crippen molar-refractivity contribution in [3.05, 3.63) is 18.3 Å². The Morgan fingerprint density at radius 3 is 2.20 bits per heavy atom. The lowest BCUT2D eigenvalue weighted by Crippen LogP contribution is -2.50. The van der Waals surface area contributed by atoms with Crippen molar-refractivity contribution in [1.29, 1.82) is 0 Å². The van der Waals surface area contributed by atoms with Crippen molar-refractivity contribution in [2.75, 3.05) is 23.3 Å². The third-order valence-corrected chi connectivity index (χ3v) is 6.34. The number of amides is 2. The van der Waals surface area contributed by atoms with E-state index >= 15 is 0 Å². The van der Waals surface area contributed by atoms with Gasteiger partial charge in [0.25, 0.3) is 0 Å². The first-order chi connectivity index (χ1) is 13.2. The van der Waals surface area contributed by atoms with Gasteiger partial charge in [-0.1, -0.05) is 39.5 Å². The van der Waals surface area contributed by atoms with Crippen molar-refractivity contribution in [2.24, 2.45) is 0 Å². The van der Waals surface area contributed by atoms with Crippen molar-refractivity contribution in [1.82, 2.24) is 9.88 Å². The second-order valence-electron chi connectivity index (χ2n) is 8.13. The molecule has 1 saturated carbocycles. The van der Waals surface area contributed by atoms with E-state index < -0.39 is 0 Å². The smallest absolute Gasteiger partial charge is 0.236 e. The van der Waals surface area contributed by atoms with E-state index in [9.17, 15) is 9.59 Å². The molecule has 0 aromatic carbocycles. The predicted octanol–water partition coefficient (Wildman–Crippen LogP) is 4.81. The average Bonchev–Trinajstić information content (AvgIpc) is 2.76. The number of likely N-dealkylation sites (tertiary alicyclic amines) is 1. The fourth-order valence-electron chi connectivity index (χ4n) is 4.93. The van der Waals surface area contributed by atoms with Crippen LogP contribution in [0.4, 0.5) is 11.5 Å². The highest BCUT2D eigenvalue weighted by atomic mass is 35.5. The molecule has 1 aromatic rings. The molecular formula is C22H36Cl2N4O2. The molecule has 1 N–H and O–H groups in total. The topological polar surface area (TPSA) is 65.5 Å². The Kier molecular flexibility index (Phi) is 11.1. The first-order valence-electron chi connectivity index (χ1n) is 10.5. The van der Waals surface area contributed by atoms with Gasteiger partial charge in [-0.2, -0.15) is 0 Å². The summed E-state index contributed by atoms with van der Waals surface area (Å²) in [5, 5.41) is 2.77. The molecule has 1 aliphatic carbocycles. The van der Waals surface area contributed by atoms with Crippen molar-refractivity contribution >= 4 is 48.1 Å². The van der Waals surface area contributed by atoms with Crippen molar-refractivity contribution < 1.29 is 9.59 Å². The molecule has 3 heterocycles. The summed E-state index contributed by atoms with van der Waals surface area (Å²) in [7, 11) is 0. The lowest BCUT2D eigenvalue weighted by Gasteiger charge is -2.41. The van der Waals surface area contributed by atoms with Crippen molar-refractivity contribution in [3.63, 3.8) is 0 Å². The van der Waals surface area contributed by atoms with Gasteiger partial charge < -0.3 is 15.1 Å². The molecule has 1 saturated heterocycles. The standard InChI is InChI=1S/C21H30N4O2.CH4.2ClH/c26-19-15-20(27)25(18-9-6-12-22-21(18)23-19)17-10-13-24(14-11-17)16-7-4-2-1-3-5-8-16;;;/h6,9,12,16-17H,1-5,7-8,10-11,13-15H2,(H,22,23,26);1H4;2*1H. The van der Waals surface area contributed by atoms with Gasteiger partial charge in [0.1, 0.15) is 6.42 Å². The van der Waals surface area contributed by atoms with Gasteiger partial charge in [-0.15, -0.1) is 24.8 Å². The number of pyridine rings is 1. The molecule has 3 aliphatic rings. The number of halogens is 2. The Bertz CT molecular complexity index is 687. The molecule has 2 fully saturated rings. The Labute approximate surface area is 193 Å². The third kappa shape index (κ3) is 6.08. The maximum Gasteiger partial charge on any atom is 0.236 e. The minimum absolute atomic E-state index is 0. The van der Waals surface area contributed by atoms with Crippen LogP contribution in [-0.2, 0) is 9.59 Å². The van der Waals surface area contributed by atoms with E-state index in [0.717, 1.165) is 31.6 Å². The number of aromatic nitrogens is 1. The van der Waals surface area contributed by atoms with E-state index in [-0.39, 0.29) is 56.5 Å². The summed E-state index contributed by atoms with van der Waals surface area (Å²) in [5.74, 6) is 0.133. The van der Waals surface area contributed by atoms with Gasteiger partial charge in [0.05, 0.1) is 5.69 Å². The highest BCUT2D eigenvalue weighted by Crippen LogP contribution is 2.33. The molecule has 8 heteroatoms. The molecule has 4 rings (SSSR count). The summed E-state index contributed by atoms with van der Waals surface area (Å²) in [4.78, 5) is 33.5. The lowest BCUT2D eigenvalue weighted by molar-refractivity contribution is -0.125. The van der Waals surface area contributed by atoms with Crippen LogP contribution >= 0.6 is 24.8 Å². The van der Waals surface area contributed by atoms with Crippen LogP contribution in [0.15, 0.2) is 18.3 Å². The lowest BCUT2D eigenvalue weighted by atomic mass is 9.93. The first-order valence-corrected chi connectivity index (χ1v) is 10.5. The molecule has 30 heavy (non-hydrogen) atoms. The van der Waals surface area contributed by atoms with Gasteiger partial charge in [-0.05, 0) is 37.8 Å². The van der Waals surface area contributed by atoms with E-state index in [2.05, 4.69) is 15.2 Å². The Morgan fingerprint density at radius 1 is 0.900 bits per heavy atom. The van der Waals surface area contributed by atoms with Crippen LogP contribution in [0.3, 0.4) is 0 Å². The number of carbonyl (C=O) groups excluding carboxylic acids is 2. The van der Waals surface area contributed by atoms with Crippen molar-refractivity contribution in [2.45, 2.75) is 83.7 Å². The van der Waals surface area contributed by atoms with Crippen molar-refractivity contribution in [3.8, 4) is 0 Å². The summed E-state index contributed by atoms with van der Waals surface area (Å²) in [6, 6.07) is 4.59. The van der Waals surface area contributed by atoms with Crippen LogP contribution < -0.4 is 10.2 Å². The third-order valence-electron chi connectivity index (χ3n) is 6.34. The van der Waals surface area contributed by atoms with Gasteiger partial charge in [0.15, 0.2) is 5.82 Å². The summed E-state index contributed by atoms with van der Waals surface area (Å²) in [5.41, 5.74) is 0.748. The predicted molar refractivity (Wildman–Crippen MR) is 127 cm³/mol.